The topological polar surface area (TPSA) is 82.5 Å². The maximum Gasteiger partial charge on any atom is 0.271 e. The number of benzene rings is 1. The molecule has 0 saturated heterocycles. The van der Waals surface area contributed by atoms with E-state index in [1.807, 2.05) is 12.1 Å². The summed E-state index contributed by atoms with van der Waals surface area (Å²) in [6, 6.07) is 8.14. The lowest BCUT2D eigenvalue weighted by Gasteiger charge is -2.16. The maximum atomic E-state index is 12.4. The molecule has 1 aliphatic carbocycles. The Morgan fingerprint density at radius 1 is 1.24 bits per heavy atom. The number of methoxy groups -OCH3 is 2. The summed E-state index contributed by atoms with van der Waals surface area (Å²) in [6.45, 7) is 1.66. The molecule has 1 heterocycles. The molecule has 0 radical (unpaired) electrons. The Morgan fingerprint density at radius 2 is 1.92 bits per heavy atom. The highest BCUT2D eigenvalue weighted by atomic mass is 16.5. The minimum atomic E-state index is -0.698. The normalized spacial score (nSPS) is 14.7. The fraction of sp³-hybridized carbons (Fsp3) is 0.389. The Balaban J connectivity index is 1.98. The van der Waals surface area contributed by atoms with E-state index in [2.05, 4.69) is 10.4 Å². The first-order chi connectivity index (χ1) is 12.0. The number of nitrogens with zero attached hydrogens (tertiary/aromatic N) is 2. The molecule has 1 atom stereocenters. The fourth-order valence-electron chi connectivity index (χ4n) is 2.50. The number of nitrogens with one attached hydrogen (secondary N) is 1. The summed E-state index contributed by atoms with van der Waals surface area (Å²) in [5.41, 5.74) is 0.879. The molecular weight excluding hydrogens is 322 g/mol. The highest BCUT2D eigenvalue weighted by molar-refractivity contribution is 5.80. The summed E-state index contributed by atoms with van der Waals surface area (Å²) >= 11 is 0. The Morgan fingerprint density at radius 3 is 2.48 bits per heavy atom. The van der Waals surface area contributed by atoms with Gasteiger partial charge in [0.05, 0.1) is 14.2 Å². The van der Waals surface area contributed by atoms with Crippen molar-refractivity contribution in [1.29, 1.82) is 0 Å². The van der Waals surface area contributed by atoms with Gasteiger partial charge in [0.15, 0.2) is 5.75 Å². The number of aromatic nitrogens is 2. The fourth-order valence-corrected chi connectivity index (χ4v) is 2.50. The van der Waals surface area contributed by atoms with Gasteiger partial charge in [-0.25, -0.2) is 4.68 Å². The zero-order valence-electron chi connectivity index (χ0n) is 14.5. The van der Waals surface area contributed by atoms with Crippen LogP contribution in [0.4, 0.5) is 0 Å². The highest BCUT2D eigenvalue weighted by Gasteiger charge is 2.27. The molecule has 7 heteroatoms. The highest BCUT2D eigenvalue weighted by Crippen LogP contribution is 2.28. The van der Waals surface area contributed by atoms with Gasteiger partial charge in [-0.3, -0.25) is 9.59 Å². The molecule has 0 aliphatic heterocycles. The second kappa shape index (κ2) is 6.96. The van der Waals surface area contributed by atoms with Gasteiger partial charge >= 0.3 is 0 Å². The van der Waals surface area contributed by atoms with Gasteiger partial charge in [0.1, 0.15) is 17.5 Å². The molecule has 1 amide bonds. The van der Waals surface area contributed by atoms with Crippen molar-refractivity contribution in [2.45, 2.75) is 31.8 Å². The van der Waals surface area contributed by atoms with Gasteiger partial charge in [-0.2, -0.15) is 5.10 Å². The van der Waals surface area contributed by atoms with Gasteiger partial charge in [0.25, 0.3) is 5.56 Å². The molecule has 3 rings (SSSR count). The summed E-state index contributed by atoms with van der Waals surface area (Å²) in [7, 11) is 3.07. The summed E-state index contributed by atoms with van der Waals surface area (Å²) in [4.78, 5) is 24.6. The first-order valence-corrected chi connectivity index (χ1v) is 8.16. The van der Waals surface area contributed by atoms with Crippen molar-refractivity contribution in [2.24, 2.45) is 0 Å². The summed E-state index contributed by atoms with van der Waals surface area (Å²) in [5.74, 6) is 0.873. The van der Waals surface area contributed by atoms with Crippen molar-refractivity contribution >= 4 is 5.91 Å². The van der Waals surface area contributed by atoms with E-state index in [1.54, 1.807) is 26.2 Å². The second-order valence-electron chi connectivity index (χ2n) is 6.03. The average molecular weight is 343 g/mol. The largest absolute Gasteiger partial charge is 0.497 e. The van der Waals surface area contributed by atoms with Crippen molar-refractivity contribution in [3.05, 3.63) is 40.7 Å². The van der Waals surface area contributed by atoms with Crippen LogP contribution in [0.15, 0.2) is 35.1 Å². The van der Waals surface area contributed by atoms with Crippen LogP contribution in [0.25, 0.3) is 11.3 Å². The van der Waals surface area contributed by atoms with E-state index in [0.717, 1.165) is 18.4 Å². The molecule has 132 valence electrons. The van der Waals surface area contributed by atoms with Crippen molar-refractivity contribution < 1.29 is 14.3 Å². The molecule has 0 unspecified atom stereocenters. The Kier molecular flexibility index (Phi) is 4.74. The molecule has 2 aromatic rings. The van der Waals surface area contributed by atoms with Crippen LogP contribution in [0.1, 0.15) is 25.8 Å². The van der Waals surface area contributed by atoms with E-state index in [9.17, 15) is 9.59 Å². The molecular formula is C18H21N3O4. The number of ether oxygens (including phenoxy) is 2. The average Bonchev–Trinajstić information content (AvgIpc) is 3.45. The third-order valence-electron chi connectivity index (χ3n) is 4.17. The lowest BCUT2D eigenvalue weighted by atomic mass is 10.1. The first kappa shape index (κ1) is 17.0. The van der Waals surface area contributed by atoms with Crippen molar-refractivity contribution in [3.8, 4) is 22.8 Å². The number of rotatable bonds is 6. The number of amides is 1. The van der Waals surface area contributed by atoms with Gasteiger partial charge in [0.2, 0.25) is 5.91 Å². The van der Waals surface area contributed by atoms with Crippen LogP contribution in [0.2, 0.25) is 0 Å². The molecule has 0 bridgehead atoms. The van der Waals surface area contributed by atoms with Gasteiger partial charge in [-0.05, 0) is 44.0 Å². The molecule has 0 spiro atoms. The number of carbonyl (C=O) groups is 1. The smallest absolute Gasteiger partial charge is 0.271 e. The Labute approximate surface area is 145 Å². The lowest BCUT2D eigenvalue weighted by Crippen LogP contribution is -2.38. The van der Waals surface area contributed by atoms with Crippen molar-refractivity contribution in [1.82, 2.24) is 15.1 Å². The van der Waals surface area contributed by atoms with Crippen LogP contribution >= 0.6 is 0 Å². The quantitative estimate of drug-likeness (QED) is 0.864. The van der Waals surface area contributed by atoms with E-state index in [-0.39, 0.29) is 17.5 Å². The second-order valence-corrected chi connectivity index (χ2v) is 6.03. The van der Waals surface area contributed by atoms with Gasteiger partial charge in [-0.1, -0.05) is 0 Å². The minimum absolute atomic E-state index is 0.206. The summed E-state index contributed by atoms with van der Waals surface area (Å²) in [6.07, 6.45) is 1.97. The Bertz CT molecular complexity index is 825. The van der Waals surface area contributed by atoms with Gasteiger partial charge in [-0.15, -0.1) is 0 Å². The lowest BCUT2D eigenvalue weighted by molar-refractivity contribution is -0.124. The first-order valence-electron chi connectivity index (χ1n) is 8.16. The third-order valence-corrected chi connectivity index (χ3v) is 4.17. The standard InChI is InChI=1S/C18H21N3O4/c1-11(18(23)19-13-6-7-13)21-16(22)10-15(25-3)17(20-21)12-4-8-14(24-2)9-5-12/h4-5,8-11,13H,6-7H2,1-3H3,(H,19,23)/t11-/m0/s1. The van der Waals surface area contributed by atoms with E-state index in [0.29, 0.717) is 17.2 Å². The van der Waals surface area contributed by atoms with E-state index in [1.165, 1.54) is 17.9 Å². The molecule has 25 heavy (non-hydrogen) atoms. The van der Waals surface area contributed by atoms with Gasteiger partial charge in [0, 0.05) is 17.7 Å². The van der Waals surface area contributed by atoms with E-state index >= 15 is 0 Å². The van der Waals surface area contributed by atoms with Crippen molar-refractivity contribution in [3.63, 3.8) is 0 Å². The SMILES string of the molecule is COc1ccc(-c2nn([C@@H](C)C(=O)NC3CC3)c(=O)cc2OC)cc1. The molecule has 1 fully saturated rings. The molecule has 1 N–H and O–H groups in total. The van der Waals surface area contributed by atoms with Crippen LogP contribution in [-0.2, 0) is 4.79 Å². The number of carbonyl (C=O) groups excluding carboxylic acids is 1. The van der Waals surface area contributed by atoms with Gasteiger partial charge < -0.3 is 14.8 Å². The monoisotopic (exact) mass is 343 g/mol. The zero-order chi connectivity index (χ0) is 18.0. The van der Waals surface area contributed by atoms with E-state index in [4.69, 9.17) is 9.47 Å². The molecule has 1 aromatic carbocycles. The predicted octanol–water partition coefficient (Wildman–Crippen LogP) is 1.77. The summed E-state index contributed by atoms with van der Waals surface area (Å²) < 4.78 is 11.7. The Hall–Kier alpha value is -2.83. The predicted molar refractivity (Wildman–Crippen MR) is 92.9 cm³/mol. The minimum Gasteiger partial charge on any atom is -0.497 e. The van der Waals surface area contributed by atoms with Crippen LogP contribution in [-0.4, -0.2) is 35.9 Å². The molecule has 1 aliphatic rings. The molecule has 1 aromatic heterocycles. The molecule has 7 nitrogen and oxygen atoms in total. The van der Waals surface area contributed by atoms with Crippen LogP contribution in [0.5, 0.6) is 11.5 Å². The van der Waals surface area contributed by atoms with Crippen molar-refractivity contribution in [2.75, 3.05) is 14.2 Å². The number of hydrogen-bond acceptors (Lipinski definition) is 5. The third kappa shape index (κ3) is 3.65. The number of hydrogen-bond donors (Lipinski definition) is 1. The van der Waals surface area contributed by atoms with E-state index < -0.39 is 6.04 Å². The molecule has 1 saturated carbocycles. The maximum absolute atomic E-state index is 12.4. The summed E-state index contributed by atoms with van der Waals surface area (Å²) in [5, 5.41) is 7.29. The van der Waals surface area contributed by atoms with Crippen LogP contribution in [0, 0.1) is 0 Å². The van der Waals surface area contributed by atoms with Crippen LogP contribution < -0.4 is 20.3 Å². The van der Waals surface area contributed by atoms with Crippen LogP contribution in [0.3, 0.4) is 0 Å². The zero-order valence-corrected chi connectivity index (χ0v) is 14.5.